The molecule has 3 aromatic carbocycles. The molecule has 0 atom stereocenters. The smallest absolute Gasteiger partial charge is 0.337 e. The highest BCUT2D eigenvalue weighted by atomic mass is 16.4. The Morgan fingerprint density at radius 1 is 0.818 bits per heavy atom. The molecule has 0 radical (unpaired) electrons. The van der Waals surface area contributed by atoms with Crippen LogP contribution in [-0.2, 0) is 0 Å². The number of para-hydroxylation sites is 1. The summed E-state index contributed by atoms with van der Waals surface area (Å²) in [5.41, 5.74) is 4.01. The molecule has 4 rings (SSSR count). The average molecular weight is 439 g/mol. The van der Waals surface area contributed by atoms with Crippen LogP contribution in [0.3, 0.4) is 0 Å². The molecule has 33 heavy (non-hydrogen) atoms. The van der Waals surface area contributed by atoms with E-state index in [4.69, 9.17) is 0 Å². The first-order valence-electron chi connectivity index (χ1n) is 10.2. The van der Waals surface area contributed by atoms with Gasteiger partial charge in [0.15, 0.2) is 0 Å². The summed E-state index contributed by atoms with van der Waals surface area (Å²) in [6, 6.07) is 20.6. The lowest BCUT2D eigenvalue weighted by Crippen LogP contribution is -2.15. The number of aromatic hydroxyl groups is 1. The van der Waals surface area contributed by atoms with Crippen molar-refractivity contribution in [2.24, 2.45) is 0 Å². The highest BCUT2D eigenvalue weighted by Crippen LogP contribution is 2.32. The molecule has 4 N–H and O–H groups in total. The van der Waals surface area contributed by atoms with Crippen molar-refractivity contribution in [1.29, 1.82) is 0 Å². The van der Waals surface area contributed by atoms with Gasteiger partial charge in [0.05, 0.1) is 16.8 Å². The van der Waals surface area contributed by atoms with Crippen LogP contribution in [0.5, 0.6) is 5.75 Å². The third-order valence-electron chi connectivity index (χ3n) is 5.24. The third kappa shape index (κ3) is 4.52. The van der Waals surface area contributed by atoms with Crippen molar-refractivity contribution < 1.29 is 19.8 Å². The zero-order chi connectivity index (χ0) is 23.4. The molecule has 0 spiro atoms. The number of hydrogen-bond acceptors (Lipinski definition) is 5. The number of aromatic nitrogens is 1. The lowest BCUT2D eigenvalue weighted by atomic mass is 10.00. The van der Waals surface area contributed by atoms with Crippen LogP contribution in [0.1, 0.15) is 20.7 Å². The van der Waals surface area contributed by atoms with Gasteiger partial charge in [-0.3, -0.25) is 9.78 Å². The van der Waals surface area contributed by atoms with E-state index >= 15 is 0 Å². The van der Waals surface area contributed by atoms with Crippen molar-refractivity contribution >= 4 is 23.3 Å². The number of nitrogens with zero attached hydrogens (tertiary/aromatic N) is 1. The van der Waals surface area contributed by atoms with Gasteiger partial charge in [0.1, 0.15) is 5.75 Å². The molecule has 0 saturated heterocycles. The fourth-order valence-corrected chi connectivity index (χ4v) is 3.58. The molecule has 4 aromatic rings. The number of phenolic OH excluding ortho intramolecular Hbond substituents is 1. The fraction of sp³-hybridized carbons (Fsp3) is 0.0385. The van der Waals surface area contributed by atoms with Gasteiger partial charge in [0.25, 0.3) is 5.91 Å². The minimum atomic E-state index is -1.17. The van der Waals surface area contributed by atoms with Crippen molar-refractivity contribution in [2.75, 3.05) is 17.7 Å². The fourth-order valence-electron chi connectivity index (χ4n) is 3.58. The molecule has 7 heteroatoms. The lowest BCUT2D eigenvalue weighted by Gasteiger charge is -2.14. The largest absolute Gasteiger partial charge is 0.507 e. The summed E-state index contributed by atoms with van der Waals surface area (Å²) in [7, 11) is 1.80. The molecule has 0 fully saturated rings. The van der Waals surface area contributed by atoms with Crippen LogP contribution in [0, 0.1) is 0 Å². The van der Waals surface area contributed by atoms with Crippen molar-refractivity contribution in [3.8, 4) is 28.0 Å². The number of phenols is 1. The number of anilines is 2. The van der Waals surface area contributed by atoms with Crippen LogP contribution < -0.4 is 10.6 Å². The van der Waals surface area contributed by atoms with E-state index in [9.17, 15) is 19.8 Å². The summed E-state index contributed by atoms with van der Waals surface area (Å²) in [5, 5.41) is 25.7. The quantitative estimate of drug-likeness (QED) is 0.332. The van der Waals surface area contributed by atoms with Gasteiger partial charge in [-0.15, -0.1) is 0 Å². The number of carbonyl (C=O) groups is 2. The molecule has 1 aromatic heterocycles. The van der Waals surface area contributed by atoms with Gasteiger partial charge in [-0.2, -0.15) is 0 Å². The monoisotopic (exact) mass is 439 g/mol. The topological polar surface area (TPSA) is 112 Å². The highest BCUT2D eigenvalue weighted by Gasteiger charge is 2.18. The highest BCUT2D eigenvalue weighted by molar-refractivity contribution is 6.10. The van der Waals surface area contributed by atoms with Crippen LogP contribution in [-0.4, -0.2) is 34.1 Å². The van der Waals surface area contributed by atoms with E-state index in [-0.39, 0.29) is 22.6 Å². The summed E-state index contributed by atoms with van der Waals surface area (Å²) >= 11 is 0. The molecule has 0 bridgehead atoms. The summed E-state index contributed by atoms with van der Waals surface area (Å²) in [5.74, 6) is -2.01. The summed E-state index contributed by atoms with van der Waals surface area (Å²) in [6.45, 7) is 0. The second-order valence-electron chi connectivity index (χ2n) is 7.29. The third-order valence-corrected chi connectivity index (χ3v) is 5.24. The Hall–Kier alpha value is -4.65. The molecular weight excluding hydrogens is 418 g/mol. The van der Waals surface area contributed by atoms with Gasteiger partial charge in [0, 0.05) is 36.3 Å². The van der Waals surface area contributed by atoms with Gasteiger partial charge in [0.2, 0.25) is 0 Å². The van der Waals surface area contributed by atoms with E-state index in [1.165, 1.54) is 12.1 Å². The number of nitrogens with one attached hydrogen (secondary N) is 2. The van der Waals surface area contributed by atoms with E-state index in [0.29, 0.717) is 5.56 Å². The van der Waals surface area contributed by atoms with Gasteiger partial charge in [-0.1, -0.05) is 36.4 Å². The van der Waals surface area contributed by atoms with Crippen LogP contribution in [0.2, 0.25) is 0 Å². The predicted octanol–water partition coefficient (Wildman–Crippen LogP) is 5.11. The molecule has 0 aliphatic heterocycles. The molecule has 0 aliphatic rings. The number of hydrogen-bond donors (Lipinski definition) is 4. The number of aromatic carboxylic acids is 1. The number of amides is 1. The summed E-state index contributed by atoms with van der Waals surface area (Å²) in [6.07, 6.45) is 3.30. The average Bonchev–Trinajstić information content (AvgIpc) is 2.84. The van der Waals surface area contributed by atoms with Crippen molar-refractivity contribution in [3.05, 3.63) is 96.3 Å². The SMILES string of the molecule is CNc1ccccc1-c1ccc(C(=O)O)c(NC(=O)c2cc(-c3cccnc3)ccc2O)c1. The second-order valence-corrected chi connectivity index (χ2v) is 7.29. The van der Waals surface area contributed by atoms with Gasteiger partial charge < -0.3 is 20.8 Å². The summed E-state index contributed by atoms with van der Waals surface area (Å²) < 4.78 is 0. The van der Waals surface area contributed by atoms with Crippen LogP contribution in [0.25, 0.3) is 22.3 Å². The predicted molar refractivity (Wildman–Crippen MR) is 128 cm³/mol. The Labute approximate surface area is 190 Å². The van der Waals surface area contributed by atoms with Crippen LogP contribution in [0.15, 0.2) is 85.2 Å². The lowest BCUT2D eigenvalue weighted by molar-refractivity contribution is 0.0698. The van der Waals surface area contributed by atoms with E-state index in [2.05, 4.69) is 15.6 Å². The standard InChI is InChI=1S/C26H21N3O4/c1-27-22-7-3-2-6-19(22)17-8-10-20(26(32)33)23(14-17)29-25(31)21-13-16(9-11-24(21)30)18-5-4-12-28-15-18/h2-15,27,30H,1H3,(H,29,31)(H,32,33). The molecule has 0 aliphatic carbocycles. The van der Waals surface area contributed by atoms with E-state index in [1.807, 2.05) is 30.3 Å². The first-order chi connectivity index (χ1) is 16.0. The maximum absolute atomic E-state index is 13.1. The number of pyridine rings is 1. The van der Waals surface area contributed by atoms with Crippen LogP contribution in [0.4, 0.5) is 11.4 Å². The maximum atomic E-state index is 13.1. The maximum Gasteiger partial charge on any atom is 0.337 e. The van der Waals surface area contributed by atoms with Gasteiger partial charge in [-0.25, -0.2) is 4.79 Å². The Morgan fingerprint density at radius 3 is 2.33 bits per heavy atom. The minimum absolute atomic E-state index is 0.0220. The Bertz CT molecular complexity index is 1340. The van der Waals surface area contributed by atoms with Crippen molar-refractivity contribution in [3.63, 3.8) is 0 Å². The Balaban J connectivity index is 1.73. The second kappa shape index (κ2) is 9.23. The first kappa shape index (κ1) is 21.6. The Kier molecular flexibility index (Phi) is 6.04. The zero-order valence-electron chi connectivity index (χ0n) is 17.7. The molecule has 7 nitrogen and oxygen atoms in total. The Morgan fingerprint density at radius 2 is 1.61 bits per heavy atom. The number of benzene rings is 3. The first-order valence-corrected chi connectivity index (χ1v) is 10.2. The zero-order valence-corrected chi connectivity index (χ0v) is 17.7. The van der Waals surface area contributed by atoms with Gasteiger partial charge >= 0.3 is 5.97 Å². The van der Waals surface area contributed by atoms with E-state index < -0.39 is 11.9 Å². The normalized spacial score (nSPS) is 10.5. The number of rotatable bonds is 6. The van der Waals surface area contributed by atoms with Gasteiger partial charge in [-0.05, 0) is 47.5 Å². The molecule has 0 saturated carbocycles. The number of carbonyl (C=O) groups excluding carboxylic acids is 1. The molecule has 164 valence electrons. The van der Waals surface area contributed by atoms with Crippen molar-refractivity contribution in [2.45, 2.75) is 0 Å². The van der Waals surface area contributed by atoms with Crippen molar-refractivity contribution in [1.82, 2.24) is 4.98 Å². The molecule has 1 heterocycles. The van der Waals surface area contributed by atoms with E-state index in [0.717, 1.165) is 22.4 Å². The summed E-state index contributed by atoms with van der Waals surface area (Å²) in [4.78, 5) is 28.9. The minimum Gasteiger partial charge on any atom is -0.507 e. The molecular formula is C26H21N3O4. The van der Waals surface area contributed by atoms with Crippen LogP contribution >= 0.6 is 0 Å². The number of carboxylic acids is 1. The number of carboxylic acid groups (broad SMARTS) is 1. The molecule has 0 unspecified atom stereocenters. The van der Waals surface area contributed by atoms with E-state index in [1.54, 1.807) is 49.8 Å². The molecule has 1 amide bonds.